The fourth-order valence-corrected chi connectivity index (χ4v) is 5.96. The van der Waals surface area contributed by atoms with Crippen molar-refractivity contribution < 1.29 is 23.6 Å². The second kappa shape index (κ2) is 12.6. The number of nitrogens with one attached hydrogen (secondary N) is 1. The number of carbonyl (C=O) groups is 2. The molecule has 2 amide bonds. The van der Waals surface area contributed by atoms with Gasteiger partial charge in [0, 0.05) is 31.6 Å². The van der Waals surface area contributed by atoms with Crippen molar-refractivity contribution in [2.24, 2.45) is 5.41 Å². The van der Waals surface area contributed by atoms with Crippen LogP contribution < -0.4 is 14.8 Å². The van der Waals surface area contributed by atoms with Crippen LogP contribution in [0.1, 0.15) is 66.6 Å². The lowest BCUT2D eigenvalue weighted by atomic mass is 9.74. The number of carbonyl (C=O) groups excluding carboxylic acids is 2. The first-order valence-electron chi connectivity index (χ1n) is 14.4. The van der Waals surface area contributed by atoms with Crippen LogP contribution in [0.4, 0.5) is 0 Å². The van der Waals surface area contributed by atoms with Crippen LogP contribution in [0.2, 0.25) is 0 Å². The number of methoxy groups -OCH3 is 1. The predicted octanol–water partition coefficient (Wildman–Crippen LogP) is 5.58. The van der Waals surface area contributed by atoms with Crippen molar-refractivity contribution in [1.82, 2.24) is 15.4 Å². The molecule has 212 valence electrons. The topological polar surface area (TPSA) is 93.9 Å². The van der Waals surface area contributed by atoms with E-state index in [0.717, 1.165) is 49.8 Å². The van der Waals surface area contributed by atoms with Crippen LogP contribution >= 0.6 is 0 Å². The Balaban J connectivity index is 1.29. The van der Waals surface area contributed by atoms with E-state index in [2.05, 4.69) is 22.6 Å². The quantitative estimate of drug-likeness (QED) is 0.462. The van der Waals surface area contributed by atoms with E-state index in [0.29, 0.717) is 61.8 Å². The number of amides is 2. The largest absolute Gasteiger partial charge is 0.496 e. The minimum Gasteiger partial charge on any atom is -0.496 e. The van der Waals surface area contributed by atoms with Gasteiger partial charge in [-0.25, -0.2) is 0 Å². The number of aryl methyl sites for hydroxylation is 2. The third kappa shape index (κ3) is 6.16. The summed E-state index contributed by atoms with van der Waals surface area (Å²) in [5.74, 6) is 2.07. The summed E-state index contributed by atoms with van der Waals surface area (Å²) >= 11 is 0. The average molecular weight is 546 g/mol. The zero-order valence-corrected chi connectivity index (χ0v) is 23.5. The molecule has 3 aromatic rings. The van der Waals surface area contributed by atoms with Gasteiger partial charge in [0.1, 0.15) is 28.5 Å². The molecule has 1 spiro atoms. The highest BCUT2D eigenvalue weighted by atomic mass is 16.5. The van der Waals surface area contributed by atoms with Gasteiger partial charge in [-0.05, 0) is 74.6 Å². The first-order valence-corrected chi connectivity index (χ1v) is 14.4. The van der Waals surface area contributed by atoms with Crippen LogP contribution in [0, 0.1) is 12.3 Å². The first kappa shape index (κ1) is 27.7. The molecule has 1 aromatic heterocycles. The van der Waals surface area contributed by atoms with Gasteiger partial charge in [0.05, 0.1) is 13.7 Å². The molecule has 0 aliphatic carbocycles. The van der Waals surface area contributed by atoms with Gasteiger partial charge in [-0.3, -0.25) is 9.59 Å². The van der Waals surface area contributed by atoms with Crippen molar-refractivity contribution in [3.8, 4) is 22.8 Å². The van der Waals surface area contributed by atoms with Crippen molar-refractivity contribution in [2.45, 2.75) is 58.3 Å². The predicted molar refractivity (Wildman–Crippen MR) is 153 cm³/mol. The van der Waals surface area contributed by atoms with Crippen molar-refractivity contribution in [2.75, 3.05) is 33.4 Å². The van der Waals surface area contributed by atoms with E-state index in [1.165, 1.54) is 5.56 Å². The summed E-state index contributed by atoms with van der Waals surface area (Å²) < 4.78 is 17.0. The van der Waals surface area contributed by atoms with E-state index in [9.17, 15) is 9.59 Å². The van der Waals surface area contributed by atoms with Gasteiger partial charge in [0.15, 0.2) is 0 Å². The van der Waals surface area contributed by atoms with Crippen LogP contribution in [0.25, 0.3) is 11.3 Å². The van der Waals surface area contributed by atoms with Gasteiger partial charge in [-0.1, -0.05) is 41.9 Å². The summed E-state index contributed by atoms with van der Waals surface area (Å²) in [5, 5.41) is 7.44. The molecule has 0 saturated carbocycles. The molecule has 1 saturated heterocycles. The SMILES string of the molecule is COc1ccccc1-c1noc(C)c1C(=O)N1CCC2(CCCCc3ccccc3OCCCC(=O)NC2)CC1. The van der Waals surface area contributed by atoms with Crippen molar-refractivity contribution in [3.05, 3.63) is 65.4 Å². The second-order valence-electron chi connectivity index (χ2n) is 11.0. The highest BCUT2D eigenvalue weighted by Gasteiger charge is 2.37. The lowest BCUT2D eigenvalue weighted by Crippen LogP contribution is -2.48. The summed E-state index contributed by atoms with van der Waals surface area (Å²) in [7, 11) is 1.61. The lowest BCUT2D eigenvalue weighted by molar-refractivity contribution is -0.122. The van der Waals surface area contributed by atoms with E-state index in [-0.39, 0.29) is 17.2 Å². The van der Waals surface area contributed by atoms with Crippen LogP contribution in [0.15, 0.2) is 53.1 Å². The van der Waals surface area contributed by atoms with Gasteiger partial charge < -0.3 is 24.2 Å². The fourth-order valence-electron chi connectivity index (χ4n) is 5.96. The molecule has 0 radical (unpaired) electrons. The summed E-state index contributed by atoms with van der Waals surface area (Å²) in [6.45, 7) is 4.21. The Bertz CT molecular complexity index is 1330. The molecule has 0 atom stereocenters. The highest BCUT2D eigenvalue weighted by Crippen LogP contribution is 2.39. The minimum atomic E-state index is -0.0731. The minimum absolute atomic E-state index is 0.0260. The second-order valence-corrected chi connectivity index (χ2v) is 11.0. The van der Waals surface area contributed by atoms with Crippen LogP contribution in [0.3, 0.4) is 0 Å². The molecule has 2 aromatic carbocycles. The van der Waals surface area contributed by atoms with E-state index in [1.807, 2.05) is 41.3 Å². The van der Waals surface area contributed by atoms with Crippen molar-refractivity contribution in [1.29, 1.82) is 0 Å². The number of fused-ring (bicyclic) bond motifs is 1. The molecule has 0 bridgehead atoms. The normalized spacial score (nSPS) is 18.2. The number of benzene rings is 2. The maximum absolute atomic E-state index is 13.8. The number of piperidine rings is 1. The molecule has 3 heterocycles. The molecule has 0 unspecified atom stereocenters. The van der Waals surface area contributed by atoms with E-state index in [4.69, 9.17) is 14.0 Å². The number of likely N-dealkylation sites (tertiary alicyclic amines) is 1. The van der Waals surface area contributed by atoms with Crippen molar-refractivity contribution in [3.63, 3.8) is 0 Å². The monoisotopic (exact) mass is 545 g/mol. The number of nitrogens with zero attached hydrogens (tertiary/aromatic N) is 2. The number of hydrogen-bond acceptors (Lipinski definition) is 6. The van der Waals surface area contributed by atoms with Crippen LogP contribution in [-0.4, -0.2) is 55.2 Å². The first-order chi connectivity index (χ1) is 19.5. The third-order valence-electron chi connectivity index (χ3n) is 8.39. The summed E-state index contributed by atoms with van der Waals surface area (Å²) in [6.07, 6.45) is 6.91. The molecule has 2 aliphatic rings. The number of rotatable bonds is 3. The lowest BCUT2D eigenvalue weighted by Gasteiger charge is -2.42. The van der Waals surface area contributed by atoms with Crippen LogP contribution in [-0.2, 0) is 11.2 Å². The van der Waals surface area contributed by atoms with Gasteiger partial charge in [0.25, 0.3) is 5.91 Å². The molecular formula is C32H39N3O5. The van der Waals surface area contributed by atoms with Gasteiger partial charge in [0.2, 0.25) is 5.91 Å². The summed E-state index contributed by atoms with van der Waals surface area (Å²) in [6, 6.07) is 15.7. The van der Waals surface area contributed by atoms with E-state index >= 15 is 0 Å². The Labute approximate surface area is 236 Å². The Morgan fingerprint density at radius 1 is 1.00 bits per heavy atom. The molecule has 2 aliphatic heterocycles. The number of ether oxygens (including phenoxy) is 2. The number of hydrogen-bond donors (Lipinski definition) is 1. The Morgan fingerprint density at radius 3 is 2.60 bits per heavy atom. The molecular weight excluding hydrogens is 506 g/mol. The molecule has 5 rings (SSSR count). The maximum Gasteiger partial charge on any atom is 0.259 e. The maximum atomic E-state index is 13.8. The molecule has 1 N–H and O–H groups in total. The molecule has 8 heteroatoms. The van der Waals surface area contributed by atoms with Crippen LogP contribution in [0.5, 0.6) is 11.5 Å². The van der Waals surface area contributed by atoms with Crippen molar-refractivity contribution >= 4 is 11.8 Å². The number of para-hydroxylation sites is 2. The molecule has 8 nitrogen and oxygen atoms in total. The Hall–Kier alpha value is -3.81. The zero-order chi connectivity index (χ0) is 28.0. The highest BCUT2D eigenvalue weighted by molar-refractivity contribution is 6.01. The standard InChI is InChI=1S/C32H39N3O5/c1-23-29(30(34-40-23)25-12-4-6-14-27(25)38-2)31(37)35-19-17-32(18-20-35)16-8-7-11-24-10-3-5-13-26(24)39-21-9-15-28(36)33-22-32/h3-6,10,12-14H,7-9,11,15-22H2,1-2H3,(H,33,36). The average Bonchev–Trinajstić information content (AvgIpc) is 3.37. The summed E-state index contributed by atoms with van der Waals surface area (Å²) in [5.41, 5.74) is 2.94. The van der Waals surface area contributed by atoms with Gasteiger partial charge >= 0.3 is 0 Å². The fraction of sp³-hybridized carbons (Fsp3) is 0.469. The Morgan fingerprint density at radius 2 is 1.77 bits per heavy atom. The smallest absolute Gasteiger partial charge is 0.259 e. The molecule has 40 heavy (non-hydrogen) atoms. The zero-order valence-electron chi connectivity index (χ0n) is 23.5. The summed E-state index contributed by atoms with van der Waals surface area (Å²) in [4.78, 5) is 28.4. The molecule has 1 fully saturated rings. The number of aromatic nitrogens is 1. The van der Waals surface area contributed by atoms with E-state index in [1.54, 1.807) is 14.0 Å². The van der Waals surface area contributed by atoms with Gasteiger partial charge in [-0.2, -0.15) is 0 Å². The Kier molecular flexibility index (Phi) is 8.72. The van der Waals surface area contributed by atoms with Gasteiger partial charge in [-0.15, -0.1) is 0 Å². The van der Waals surface area contributed by atoms with E-state index < -0.39 is 0 Å². The third-order valence-corrected chi connectivity index (χ3v) is 8.39.